The summed E-state index contributed by atoms with van der Waals surface area (Å²) in [5, 5.41) is 3.65. The fraction of sp³-hybridized carbons (Fsp3) is 1.00. The van der Waals surface area contributed by atoms with Crippen LogP contribution in [0.15, 0.2) is 0 Å². The molecule has 0 aliphatic carbocycles. The summed E-state index contributed by atoms with van der Waals surface area (Å²) in [7, 11) is 4.31. The first kappa shape index (κ1) is 17.9. The number of likely N-dealkylation sites (N-methyl/N-ethyl adjacent to an activating group) is 2. The Labute approximate surface area is 115 Å². The van der Waals surface area contributed by atoms with Crippen molar-refractivity contribution in [3.63, 3.8) is 0 Å². The van der Waals surface area contributed by atoms with Crippen LogP contribution in [0.1, 0.15) is 40.5 Å². The average molecular weight is 257 g/mol. The van der Waals surface area contributed by atoms with Crippen LogP contribution in [0.5, 0.6) is 0 Å². The largest absolute Gasteiger partial charge is 0.313 e. The molecule has 0 aromatic heterocycles. The Morgan fingerprint density at radius 1 is 1.00 bits per heavy atom. The van der Waals surface area contributed by atoms with E-state index in [2.05, 4.69) is 56.9 Å². The highest BCUT2D eigenvalue weighted by Gasteiger charge is 2.18. The summed E-state index contributed by atoms with van der Waals surface area (Å²) in [5.74, 6) is 0.753. The number of rotatable bonds is 11. The third-order valence-electron chi connectivity index (χ3n) is 3.66. The molecule has 2 atom stereocenters. The van der Waals surface area contributed by atoms with Crippen molar-refractivity contribution >= 4 is 0 Å². The summed E-state index contributed by atoms with van der Waals surface area (Å²) in [6, 6.07) is 0.633. The molecular formula is C15H35N3. The van der Waals surface area contributed by atoms with Crippen molar-refractivity contribution in [2.45, 2.75) is 46.6 Å². The molecule has 18 heavy (non-hydrogen) atoms. The van der Waals surface area contributed by atoms with Gasteiger partial charge >= 0.3 is 0 Å². The second-order valence-corrected chi connectivity index (χ2v) is 5.65. The minimum Gasteiger partial charge on any atom is -0.313 e. The van der Waals surface area contributed by atoms with E-state index in [0.717, 1.165) is 19.0 Å². The summed E-state index contributed by atoms with van der Waals surface area (Å²) >= 11 is 0. The van der Waals surface area contributed by atoms with Gasteiger partial charge in [0.25, 0.3) is 0 Å². The van der Waals surface area contributed by atoms with E-state index in [1.165, 1.54) is 32.5 Å². The number of hydrogen-bond acceptors (Lipinski definition) is 3. The van der Waals surface area contributed by atoms with Gasteiger partial charge in [0.15, 0.2) is 0 Å². The van der Waals surface area contributed by atoms with Gasteiger partial charge in [-0.25, -0.2) is 0 Å². The smallest absolute Gasteiger partial charge is 0.0220 e. The molecule has 0 bridgehead atoms. The normalized spacial score (nSPS) is 15.3. The van der Waals surface area contributed by atoms with Crippen molar-refractivity contribution < 1.29 is 0 Å². The van der Waals surface area contributed by atoms with Crippen molar-refractivity contribution in [2.24, 2.45) is 5.92 Å². The van der Waals surface area contributed by atoms with Gasteiger partial charge in [0.05, 0.1) is 0 Å². The van der Waals surface area contributed by atoms with E-state index < -0.39 is 0 Å². The van der Waals surface area contributed by atoms with E-state index >= 15 is 0 Å². The Hall–Kier alpha value is -0.120. The molecule has 0 radical (unpaired) electrons. The zero-order valence-corrected chi connectivity index (χ0v) is 13.5. The molecule has 3 heteroatoms. The van der Waals surface area contributed by atoms with Gasteiger partial charge in [-0.05, 0) is 39.5 Å². The van der Waals surface area contributed by atoms with Crippen molar-refractivity contribution in [1.82, 2.24) is 15.1 Å². The maximum absolute atomic E-state index is 3.65. The van der Waals surface area contributed by atoms with Crippen molar-refractivity contribution in [2.75, 3.05) is 46.8 Å². The first-order valence-electron chi connectivity index (χ1n) is 7.65. The van der Waals surface area contributed by atoms with Gasteiger partial charge in [0.2, 0.25) is 0 Å². The van der Waals surface area contributed by atoms with Gasteiger partial charge in [0.1, 0.15) is 0 Å². The van der Waals surface area contributed by atoms with Crippen LogP contribution in [0.25, 0.3) is 0 Å². The predicted molar refractivity (Wildman–Crippen MR) is 82.2 cm³/mol. The van der Waals surface area contributed by atoms with Crippen LogP contribution in [0.3, 0.4) is 0 Å². The molecular weight excluding hydrogens is 222 g/mol. The van der Waals surface area contributed by atoms with E-state index in [-0.39, 0.29) is 0 Å². The molecule has 0 heterocycles. The molecule has 0 spiro atoms. The highest BCUT2D eigenvalue weighted by atomic mass is 15.2. The number of nitrogens with one attached hydrogen (secondary N) is 1. The number of hydrogen-bond donors (Lipinski definition) is 1. The minimum absolute atomic E-state index is 0.633. The quantitative estimate of drug-likeness (QED) is 0.613. The topological polar surface area (TPSA) is 18.5 Å². The molecule has 0 aliphatic rings. The molecule has 1 N–H and O–H groups in total. The summed E-state index contributed by atoms with van der Waals surface area (Å²) in [4.78, 5) is 4.88. The van der Waals surface area contributed by atoms with Crippen LogP contribution >= 0.6 is 0 Å². The maximum atomic E-state index is 3.65. The Bertz CT molecular complexity index is 183. The zero-order chi connectivity index (χ0) is 14.0. The molecule has 0 aromatic rings. The first-order valence-corrected chi connectivity index (χ1v) is 7.65. The molecule has 0 aromatic carbocycles. The highest BCUT2D eigenvalue weighted by molar-refractivity contribution is 4.76. The molecule has 110 valence electrons. The maximum Gasteiger partial charge on any atom is 0.0220 e. The Kier molecular flexibility index (Phi) is 10.7. The Morgan fingerprint density at radius 3 is 2.11 bits per heavy atom. The van der Waals surface area contributed by atoms with Crippen molar-refractivity contribution in [1.29, 1.82) is 0 Å². The van der Waals surface area contributed by atoms with Gasteiger partial charge in [-0.3, -0.25) is 0 Å². The predicted octanol–water partition coefficient (Wildman–Crippen LogP) is 2.28. The average Bonchev–Trinajstić information content (AvgIpc) is 2.34. The van der Waals surface area contributed by atoms with Crippen molar-refractivity contribution in [3.05, 3.63) is 0 Å². The second-order valence-electron chi connectivity index (χ2n) is 5.65. The third kappa shape index (κ3) is 8.06. The van der Waals surface area contributed by atoms with Crippen LogP contribution in [-0.4, -0.2) is 62.7 Å². The standard InChI is InChI=1S/C15H35N3/c1-7-10-18(12-11-17(5)6)13-15(16-9-3)14(4)8-2/h14-16H,7-13H2,1-6H3. The van der Waals surface area contributed by atoms with Gasteiger partial charge in [0, 0.05) is 25.7 Å². The van der Waals surface area contributed by atoms with Crippen LogP contribution in [0.2, 0.25) is 0 Å². The molecule has 0 amide bonds. The summed E-state index contributed by atoms with van der Waals surface area (Å²) < 4.78 is 0. The lowest BCUT2D eigenvalue weighted by atomic mass is 9.98. The minimum atomic E-state index is 0.633. The molecule has 0 saturated heterocycles. The van der Waals surface area contributed by atoms with Gasteiger partial charge < -0.3 is 15.1 Å². The summed E-state index contributed by atoms with van der Waals surface area (Å²) in [5.41, 5.74) is 0. The Balaban J connectivity index is 4.30. The van der Waals surface area contributed by atoms with Gasteiger partial charge in [-0.2, -0.15) is 0 Å². The third-order valence-corrected chi connectivity index (χ3v) is 3.66. The van der Waals surface area contributed by atoms with E-state index in [9.17, 15) is 0 Å². The number of nitrogens with zero attached hydrogens (tertiary/aromatic N) is 2. The Morgan fingerprint density at radius 2 is 1.67 bits per heavy atom. The second kappa shape index (κ2) is 10.8. The van der Waals surface area contributed by atoms with Gasteiger partial charge in [-0.15, -0.1) is 0 Å². The van der Waals surface area contributed by atoms with E-state index in [1.54, 1.807) is 0 Å². The molecule has 0 fully saturated rings. The first-order chi connectivity index (χ1) is 8.54. The van der Waals surface area contributed by atoms with E-state index in [0.29, 0.717) is 6.04 Å². The lowest BCUT2D eigenvalue weighted by molar-refractivity contribution is 0.195. The van der Waals surface area contributed by atoms with Crippen LogP contribution in [-0.2, 0) is 0 Å². The van der Waals surface area contributed by atoms with Crippen LogP contribution < -0.4 is 5.32 Å². The molecule has 3 nitrogen and oxygen atoms in total. The SMILES string of the molecule is CCCN(CCN(C)C)CC(NCC)C(C)CC. The van der Waals surface area contributed by atoms with E-state index in [1.807, 2.05) is 0 Å². The zero-order valence-electron chi connectivity index (χ0n) is 13.5. The van der Waals surface area contributed by atoms with Crippen LogP contribution in [0.4, 0.5) is 0 Å². The fourth-order valence-corrected chi connectivity index (χ4v) is 2.22. The molecule has 0 aliphatic heterocycles. The monoisotopic (exact) mass is 257 g/mol. The lowest BCUT2D eigenvalue weighted by Gasteiger charge is -2.31. The van der Waals surface area contributed by atoms with Crippen molar-refractivity contribution in [3.8, 4) is 0 Å². The summed E-state index contributed by atoms with van der Waals surface area (Å²) in [6.07, 6.45) is 2.50. The fourth-order valence-electron chi connectivity index (χ4n) is 2.22. The highest BCUT2D eigenvalue weighted by Crippen LogP contribution is 2.09. The van der Waals surface area contributed by atoms with E-state index in [4.69, 9.17) is 0 Å². The van der Waals surface area contributed by atoms with Gasteiger partial charge in [-0.1, -0.05) is 34.1 Å². The molecule has 0 rings (SSSR count). The molecule has 2 unspecified atom stereocenters. The molecule has 0 saturated carbocycles. The summed E-state index contributed by atoms with van der Waals surface area (Å²) in [6.45, 7) is 14.9. The van der Waals surface area contributed by atoms with Crippen LogP contribution in [0, 0.1) is 5.92 Å². The lowest BCUT2D eigenvalue weighted by Crippen LogP contribution is -2.46.